The topological polar surface area (TPSA) is 47.9 Å². The molecule has 0 heterocycles. The Kier molecular flexibility index (Phi) is 4.27. The fourth-order valence-electron chi connectivity index (χ4n) is 2.74. The summed E-state index contributed by atoms with van der Waals surface area (Å²) >= 11 is 3.55. The highest BCUT2D eigenvalue weighted by molar-refractivity contribution is 9.10. The second-order valence-electron chi connectivity index (χ2n) is 4.60. The normalized spacial score (nSPS) is 16.8. The van der Waals surface area contributed by atoms with E-state index in [9.17, 15) is 4.79 Å². The van der Waals surface area contributed by atoms with Crippen LogP contribution in [0.25, 0.3) is 0 Å². The van der Waals surface area contributed by atoms with Crippen LogP contribution in [0.15, 0.2) is 21.6 Å². The molecule has 0 amide bonds. The minimum atomic E-state index is -0.472. The molecule has 0 bridgehead atoms. The summed E-state index contributed by atoms with van der Waals surface area (Å²) in [5.74, 6) is 1.29. The summed E-state index contributed by atoms with van der Waals surface area (Å²) in [6.45, 7) is 0. The SMILES string of the molecule is COc1ccc(C2(N=C=O)CCCC2)c(Br)c1OC. The summed E-state index contributed by atoms with van der Waals surface area (Å²) in [5.41, 5.74) is 0.492. The van der Waals surface area contributed by atoms with Crippen molar-refractivity contribution < 1.29 is 14.3 Å². The third kappa shape index (κ3) is 2.40. The largest absolute Gasteiger partial charge is 0.493 e. The van der Waals surface area contributed by atoms with Crippen molar-refractivity contribution in [1.82, 2.24) is 0 Å². The maximum atomic E-state index is 10.8. The molecular formula is C14H16BrNO3. The minimum Gasteiger partial charge on any atom is -0.493 e. The number of carbonyl (C=O) groups excluding carboxylic acids is 1. The van der Waals surface area contributed by atoms with E-state index in [1.807, 2.05) is 12.1 Å². The Morgan fingerprint density at radius 3 is 2.47 bits per heavy atom. The molecule has 1 fully saturated rings. The predicted octanol–water partition coefficient (Wildman–Crippen LogP) is 3.57. The summed E-state index contributed by atoms with van der Waals surface area (Å²) in [4.78, 5) is 14.9. The number of benzene rings is 1. The molecule has 0 aromatic heterocycles. The average Bonchev–Trinajstić information content (AvgIpc) is 2.88. The second-order valence-corrected chi connectivity index (χ2v) is 5.40. The monoisotopic (exact) mass is 325 g/mol. The van der Waals surface area contributed by atoms with Crippen molar-refractivity contribution in [1.29, 1.82) is 0 Å². The van der Waals surface area contributed by atoms with Gasteiger partial charge in [0.15, 0.2) is 11.5 Å². The molecule has 1 aliphatic rings. The summed E-state index contributed by atoms with van der Waals surface area (Å²) in [6, 6.07) is 3.79. The zero-order chi connectivity index (χ0) is 13.9. The molecule has 1 aliphatic carbocycles. The number of nitrogens with zero attached hydrogens (tertiary/aromatic N) is 1. The van der Waals surface area contributed by atoms with E-state index in [2.05, 4.69) is 20.9 Å². The van der Waals surface area contributed by atoms with Crippen LogP contribution in [-0.4, -0.2) is 20.3 Å². The zero-order valence-corrected chi connectivity index (χ0v) is 12.6. The van der Waals surface area contributed by atoms with Crippen LogP contribution in [0.5, 0.6) is 11.5 Å². The molecule has 19 heavy (non-hydrogen) atoms. The first-order valence-electron chi connectivity index (χ1n) is 6.18. The predicted molar refractivity (Wildman–Crippen MR) is 75.5 cm³/mol. The highest BCUT2D eigenvalue weighted by atomic mass is 79.9. The van der Waals surface area contributed by atoms with E-state index in [0.29, 0.717) is 11.5 Å². The fourth-order valence-corrected chi connectivity index (χ4v) is 3.60. The van der Waals surface area contributed by atoms with Crippen molar-refractivity contribution >= 4 is 22.0 Å². The lowest BCUT2D eigenvalue weighted by molar-refractivity contribution is 0.350. The van der Waals surface area contributed by atoms with Crippen LogP contribution >= 0.6 is 15.9 Å². The first kappa shape index (κ1) is 14.1. The maximum absolute atomic E-state index is 10.8. The molecule has 0 aliphatic heterocycles. The number of isocyanates is 1. The van der Waals surface area contributed by atoms with E-state index in [-0.39, 0.29) is 0 Å². The summed E-state index contributed by atoms with van der Waals surface area (Å²) in [7, 11) is 3.19. The lowest BCUT2D eigenvalue weighted by Crippen LogP contribution is -2.20. The molecule has 1 aromatic rings. The van der Waals surface area contributed by atoms with Crippen LogP contribution in [0, 0.1) is 0 Å². The van der Waals surface area contributed by atoms with Crippen molar-refractivity contribution in [3.63, 3.8) is 0 Å². The number of ether oxygens (including phenoxy) is 2. The molecule has 2 rings (SSSR count). The van der Waals surface area contributed by atoms with Gasteiger partial charge in [-0.15, -0.1) is 0 Å². The Bertz CT molecular complexity index is 518. The van der Waals surface area contributed by atoms with Gasteiger partial charge < -0.3 is 9.47 Å². The zero-order valence-electron chi connectivity index (χ0n) is 11.0. The van der Waals surface area contributed by atoms with Crippen LogP contribution in [0.1, 0.15) is 31.2 Å². The number of hydrogen-bond acceptors (Lipinski definition) is 4. The third-order valence-corrected chi connectivity index (χ3v) is 4.46. The Morgan fingerprint density at radius 1 is 1.26 bits per heavy atom. The Balaban J connectivity index is 2.58. The maximum Gasteiger partial charge on any atom is 0.235 e. The van der Waals surface area contributed by atoms with Crippen molar-refractivity contribution in [3.05, 3.63) is 22.2 Å². The van der Waals surface area contributed by atoms with E-state index in [4.69, 9.17) is 9.47 Å². The molecule has 1 saturated carbocycles. The van der Waals surface area contributed by atoms with Gasteiger partial charge in [0.25, 0.3) is 0 Å². The van der Waals surface area contributed by atoms with Gasteiger partial charge in [-0.25, -0.2) is 4.79 Å². The number of aliphatic imine (C=N–C) groups is 1. The van der Waals surface area contributed by atoms with Gasteiger partial charge in [-0.1, -0.05) is 18.9 Å². The van der Waals surface area contributed by atoms with E-state index < -0.39 is 5.54 Å². The van der Waals surface area contributed by atoms with Crippen LogP contribution in [0.4, 0.5) is 0 Å². The molecule has 0 unspecified atom stereocenters. The molecule has 0 spiro atoms. The highest BCUT2D eigenvalue weighted by Gasteiger charge is 2.38. The molecule has 5 heteroatoms. The fraction of sp³-hybridized carbons (Fsp3) is 0.500. The van der Waals surface area contributed by atoms with E-state index in [1.165, 1.54) is 0 Å². The van der Waals surface area contributed by atoms with Crippen molar-refractivity contribution in [3.8, 4) is 11.5 Å². The number of methoxy groups -OCH3 is 2. The Hall–Kier alpha value is -1.32. The van der Waals surface area contributed by atoms with Gasteiger partial charge in [0, 0.05) is 0 Å². The molecular weight excluding hydrogens is 310 g/mol. The van der Waals surface area contributed by atoms with E-state index in [1.54, 1.807) is 20.3 Å². The average molecular weight is 326 g/mol. The van der Waals surface area contributed by atoms with Gasteiger partial charge in [0.2, 0.25) is 6.08 Å². The summed E-state index contributed by atoms with van der Waals surface area (Å²) in [6.07, 6.45) is 5.56. The number of halogens is 1. The van der Waals surface area contributed by atoms with Crippen LogP contribution in [0.3, 0.4) is 0 Å². The van der Waals surface area contributed by atoms with Gasteiger partial charge in [0.05, 0.1) is 24.2 Å². The molecule has 0 radical (unpaired) electrons. The van der Waals surface area contributed by atoms with E-state index >= 15 is 0 Å². The van der Waals surface area contributed by atoms with Gasteiger partial charge >= 0.3 is 0 Å². The third-order valence-electron chi connectivity index (χ3n) is 3.68. The van der Waals surface area contributed by atoms with Crippen molar-refractivity contribution in [2.24, 2.45) is 4.99 Å². The van der Waals surface area contributed by atoms with Crippen molar-refractivity contribution in [2.75, 3.05) is 14.2 Å². The second kappa shape index (κ2) is 5.76. The first-order chi connectivity index (χ1) is 9.18. The smallest absolute Gasteiger partial charge is 0.235 e. The standard InChI is InChI=1S/C14H16BrNO3/c1-18-11-6-5-10(12(15)13(11)19-2)14(16-9-17)7-3-4-8-14/h5-6H,3-4,7-8H2,1-2H3. The summed E-state index contributed by atoms with van der Waals surface area (Å²) < 4.78 is 11.4. The van der Waals surface area contributed by atoms with Crippen LogP contribution < -0.4 is 9.47 Å². The van der Waals surface area contributed by atoms with Crippen LogP contribution in [-0.2, 0) is 10.3 Å². The van der Waals surface area contributed by atoms with Crippen LogP contribution in [0.2, 0.25) is 0 Å². The summed E-state index contributed by atoms with van der Waals surface area (Å²) in [5, 5.41) is 0. The molecule has 0 atom stereocenters. The lowest BCUT2D eigenvalue weighted by atomic mass is 9.88. The quantitative estimate of drug-likeness (QED) is 0.628. The van der Waals surface area contributed by atoms with Gasteiger partial charge in [-0.05, 0) is 40.4 Å². The molecule has 102 valence electrons. The Labute approximate surface area is 120 Å². The molecule has 1 aromatic carbocycles. The number of hydrogen-bond donors (Lipinski definition) is 0. The number of rotatable bonds is 4. The minimum absolute atomic E-state index is 0.472. The molecule has 0 saturated heterocycles. The molecule has 4 nitrogen and oxygen atoms in total. The lowest BCUT2D eigenvalue weighted by Gasteiger charge is -2.25. The molecule has 0 N–H and O–H groups in total. The van der Waals surface area contributed by atoms with Crippen molar-refractivity contribution in [2.45, 2.75) is 31.2 Å². The highest BCUT2D eigenvalue weighted by Crippen LogP contribution is 2.49. The Morgan fingerprint density at radius 2 is 1.95 bits per heavy atom. The van der Waals surface area contributed by atoms with E-state index in [0.717, 1.165) is 35.7 Å². The van der Waals surface area contributed by atoms with Gasteiger partial charge in [-0.2, -0.15) is 4.99 Å². The van der Waals surface area contributed by atoms with Gasteiger partial charge in [0.1, 0.15) is 0 Å². The van der Waals surface area contributed by atoms with Gasteiger partial charge in [-0.3, -0.25) is 0 Å². The first-order valence-corrected chi connectivity index (χ1v) is 6.98.